The summed E-state index contributed by atoms with van der Waals surface area (Å²) in [7, 11) is 0. The molecule has 0 bridgehead atoms. The fourth-order valence-electron chi connectivity index (χ4n) is 13.5. The van der Waals surface area contributed by atoms with Crippen LogP contribution in [0.25, 0.3) is 0 Å². The molecule has 12 unspecified atom stereocenters. The van der Waals surface area contributed by atoms with Gasteiger partial charge >= 0.3 is 0 Å². The summed E-state index contributed by atoms with van der Waals surface area (Å²) in [5.41, 5.74) is 0. The number of carbonyl (C=O) groups excluding carboxylic acids is 1. The number of ether oxygens (including phenoxy) is 4. The van der Waals surface area contributed by atoms with E-state index in [9.17, 15) is 45.6 Å². The van der Waals surface area contributed by atoms with E-state index in [0.717, 1.165) is 51.4 Å². The Hall–Kier alpha value is -1.27. The molecule has 0 saturated carbocycles. The number of carbonyl (C=O) groups is 1. The van der Waals surface area contributed by atoms with Crippen molar-refractivity contribution >= 4 is 5.91 Å². The topological polar surface area (TPSA) is 228 Å². The van der Waals surface area contributed by atoms with Gasteiger partial charge in [0, 0.05) is 6.42 Å². The highest BCUT2D eigenvalue weighted by Gasteiger charge is 2.51. The molecular weight excluding hydrogens is 1150 g/mol. The number of aliphatic hydroxyl groups excluding tert-OH is 8. The van der Waals surface area contributed by atoms with Gasteiger partial charge in [0.1, 0.15) is 48.8 Å². The van der Waals surface area contributed by atoms with Crippen molar-refractivity contribution in [1.29, 1.82) is 0 Å². The molecular formula is C77H149NO13. The monoisotopic (exact) mass is 1300 g/mol. The normalized spacial score (nSPS) is 22.7. The molecule has 2 saturated heterocycles. The molecule has 2 heterocycles. The van der Waals surface area contributed by atoms with Crippen molar-refractivity contribution in [3.05, 3.63) is 12.2 Å². The largest absolute Gasteiger partial charge is 0.394 e. The number of hydrogen-bond donors (Lipinski definition) is 9. The first-order valence-corrected chi connectivity index (χ1v) is 39.4. The zero-order chi connectivity index (χ0) is 65.9. The first-order chi connectivity index (χ1) is 44.6. The van der Waals surface area contributed by atoms with E-state index >= 15 is 0 Å². The van der Waals surface area contributed by atoms with Crippen LogP contribution in [0.5, 0.6) is 0 Å². The Labute approximate surface area is 558 Å². The number of unbranched alkanes of at least 4 members (excludes halogenated alkanes) is 52. The lowest BCUT2D eigenvalue weighted by molar-refractivity contribution is -0.359. The van der Waals surface area contributed by atoms with Crippen molar-refractivity contribution in [2.75, 3.05) is 19.8 Å². The van der Waals surface area contributed by atoms with Crippen LogP contribution in [0, 0.1) is 0 Å². The lowest BCUT2D eigenvalue weighted by Gasteiger charge is -2.46. The lowest BCUT2D eigenvalue weighted by atomic mass is 9.97. The van der Waals surface area contributed by atoms with Crippen molar-refractivity contribution in [2.45, 2.75) is 453 Å². The summed E-state index contributed by atoms with van der Waals surface area (Å²) in [6.45, 7) is 2.92. The second-order valence-corrected chi connectivity index (χ2v) is 28.2. The third kappa shape index (κ3) is 45.8. The maximum atomic E-state index is 13.4. The fourth-order valence-corrected chi connectivity index (χ4v) is 13.5. The standard InChI is InChI=1S/C77H149NO13/c1-3-5-7-9-11-13-15-17-19-21-22-23-24-25-26-27-28-29-30-31-32-33-34-35-36-37-38-39-40-41-42-43-44-45-47-49-51-53-55-57-59-61-69(82)78-65(66(81)60-58-56-54-52-50-48-46-20-18-16-14-12-10-8-6-4-2)64-88-76-74(87)72(85)75(68(63-80)90-76)91-77-73(86)71(84)70(83)67(62-79)89-77/h21-22,65-68,70-77,79-81,83-87H,3-20,23-64H2,1-2H3,(H,78,82)/b22-21-. The fraction of sp³-hybridized carbons (Fsp3) is 0.961. The molecule has 0 aliphatic carbocycles. The first-order valence-electron chi connectivity index (χ1n) is 39.4. The van der Waals surface area contributed by atoms with Crippen molar-refractivity contribution in [3.63, 3.8) is 0 Å². The highest BCUT2D eigenvalue weighted by Crippen LogP contribution is 2.30. The predicted octanol–water partition coefficient (Wildman–Crippen LogP) is 17.3. The van der Waals surface area contributed by atoms with E-state index in [1.54, 1.807) is 0 Å². The van der Waals surface area contributed by atoms with E-state index in [1.165, 1.54) is 302 Å². The van der Waals surface area contributed by atoms with Crippen LogP contribution in [0.1, 0.15) is 380 Å². The van der Waals surface area contributed by atoms with E-state index in [1.807, 2.05) is 0 Å². The molecule has 91 heavy (non-hydrogen) atoms. The average molecular weight is 1300 g/mol. The van der Waals surface area contributed by atoms with Gasteiger partial charge in [0.15, 0.2) is 12.6 Å². The van der Waals surface area contributed by atoms with Crippen LogP contribution in [0.4, 0.5) is 0 Å². The Morgan fingerprint density at radius 1 is 0.385 bits per heavy atom. The molecule has 14 nitrogen and oxygen atoms in total. The molecule has 2 aliphatic rings. The predicted molar refractivity (Wildman–Crippen MR) is 374 cm³/mol. The molecule has 1 amide bonds. The molecule has 12 atom stereocenters. The number of rotatable bonds is 67. The van der Waals surface area contributed by atoms with Crippen molar-refractivity contribution in [2.24, 2.45) is 0 Å². The van der Waals surface area contributed by atoms with E-state index in [2.05, 4.69) is 31.3 Å². The van der Waals surface area contributed by atoms with Crippen LogP contribution in [0.2, 0.25) is 0 Å². The van der Waals surface area contributed by atoms with Crippen LogP contribution >= 0.6 is 0 Å². The van der Waals surface area contributed by atoms with Crippen LogP contribution in [0.15, 0.2) is 12.2 Å². The Bertz CT molecular complexity index is 1570. The van der Waals surface area contributed by atoms with E-state index in [-0.39, 0.29) is 12.5 Å². The molecule has 540 valence electrons. The molecule has 0 radical (unpaired) electrons. The Kier molecular flexibility index (Phi) is 58.7. The molecule has 2 aliphatic heterocycles. The third-order valence-corrected chi connectivity index (χ3v) is 19.7. The minimum atomic E-state index is -1.78. The summed E-state index contributed by atoms with van der Waals surface area (Å²) in [5, 5.41) is 87.6. The first kappa shape index (κ1) is 85.8. The van der Waals surface area contributed by atoms with Crippen LogP contribution in [-0.4, -0.2) is 140 Å². The molecule has 0 aromatic rings. The zero-order valence-corrected chi connectivity index (χ0v) is 59.1. The SMILES string of the molecule is CCCCCCCCCC/C=C\CCCCCCCCCCCCCCCCCCCCCCCCCCCCCCCC(=O)NC(COC1OC(CO)C(OC2OC(CO)C(O)C(O)C2O)C(O)C1O)C(O)CCCCCCCCCCCCCCCCCC. The molecule has 0 aromatic heterocycles. The number of aliphatic hydroxyl groups is 8. The summed E-state index contributed by atoms with van der Waals surface area (Å²) < 4.78 is 22.9. The van der Waals surface area contributed by atoms with Gasteiger partial charge in [-0.15, -0.1) is 0 Å². The third-order valence-electron chi connectivity index (χ3n) is 19.7. The van der Waals surface area contributed by atoms with Gasteiger partial charge < -0.3 is 65.1 Å². The molecule has 0 spiro atoms. The van der Waals surface area contributed by atoms with Gasteiger partial charge in [0.05, 0.1) is 32.0 Å². The van der Waals surface area contributed by atoms with Crippen molar-refractivity contribution in [3.8, 4) is 0 Å². The van der Waals surface area contributed by atoms with Gasteiger partial charge in [-0.05, 0) is 38.5 Å². The minimum absolute atomic E-state index is 0.197. The molecule has 2 fully saturated rings. The average Bonchev–Trinajstić information content (AvgIpc) is 1.24. The Morgan fingerprint density at radius 2 is 0.692 bits per heavy atom. The zero-order valence-electron chi connectivity index (χ0n) is 59.1. The summed E-state index contributed by atoms with van der Waals surface area (Å²) in [6.07, 6.45) is 61.4. The second kappa shape index (κ2) is 62.3. The summed E-state index contributed by atoms with van der Waals surface area (Å²) >= 11 is 0. The van der Waals surface area contributed by atoms with Gasteiger partial charge in [-0.3, -0.25) is 4.79 Å². The number of nitrogens with one attached hydrogen (secondary N) is 1. The summed E-state index contributed by atoms with van der Waals surface area (Å²) in [5.74, 6) is -0.197. The van der Waals surface area contributed by atoms with Crippen LogP contribution in [-0.2, 0) is 23.7 Å². The Morgan fingerprint density at radius 3 is 1.04 bits per heavy atom. The van der Waals surface area contributed by atoms with Crippen LogP contribution in [0.3, 0.4) is 0 Å². The van der Waals surface area contributed by atoms with Crippen molar-refractivity contribution in [1.82, 2.24) is 5.32 Å². The molecule has 2 rings (SSSR count). The number of amides is 1. The number of hydrogen-bond acceptors (Lipinski definition) is 13. The molecule has 9 N–H and O–H groups in total. The van der Waals surface area contributed by atoms with Crippen LogP contribution < -0.4 is 5.32 Å². The maximum Gasteiger partial charge on any atom is 0.220 e. The molecule has 14 heteroatoms. The summed E-state index contributed by atoms with van der Waals surface area (Å²) in [4.78, 5) is 13.4. The van der Waals surface area contributed by atoms with Crippen molar-refractivity contribution < 1.29 is 64.6 Å². The maximum absolute atomic E-state index is 13.4. The van der Waals surface area contributed by atoms with E-state index in [4.69, 9.17) is 18.9 Å². The minimum Gasteiger partial charge on any atom is -0.394 e. The van der Waals surface area contributed by atoms with E-state index < -0.39 is 86.8 Å². The van der Waals surface area contributed by atoms with Gasteiger partial charge in [-0.25, -0.2) is 0 Å². The van der Waals surface area contributed by atoms with Gasteiger partial charge in [0.25, 0.3) is 0 Å². The second-order valence-electron chi connectivity index (χ2n) is 28.2. The molecule has 0 aromatic carbocycles. The van der Waals surface area contributed by atoms with E-state index in [0.29, 0.717) is 12.8 Å². The van der Waals surface area contributed by atoms with Gasteiger partial charge in [-0.2, -0.15) is 0 Å². The number of allylic oxidation sites excluding steroid dienone is 2. The van der Waals surface area contributed by atoms with Gasteiger partial charge in [-0.1, -0.05) is 347 Å². The quantitative estimate of drug-likeness (QED) is 0.0204. The van der Waals surface area contributed by atoms with Gasteiger partial charge in [0.2, 0.25) is 5.91 Å². The highest BCUT2D eigenvalue weighted by atomic mass is 16.7. The lowest BCUT2D eigenvalue weighted by Crippen LogP contribution is -2.65. The smallest absolute Gasteiger partial charge is 0.220 e. The Balaban J connectivity index is 1.52. The highest BCUT2D eigenvalue weighted by molar-refractivity contribution is 5.76. The summed E-state index contributed by atoms with van der Waals surface area (Å²) in [6, 6.07) is -0.825.